The number of nitrogens with zero attached hydrogens (tertiary/aromatic N) is 3. The Hall–Kier alpha value is -1.66. The van der Waals surface area contributed by atoms with Crippen LogP contribution in [0.1, 0.15) is 62.6 Å². The van der Waals surface area contributed by atoms with E-state index >= 15 is 0 Å². The minimum absolute atomic E-state index is 0.196. The van der Waals surface area contributed by atoms with E-state index in [0.29, 0.717) is 5.92 Å². The van der Waals surface area contributed by atoms with Gasteiger partial charge in [-0.15, -0.1) is 11.8 Å². The second-order valence-electron chi connectivity index (χ2n) is 7.83. The van der Waals surface area contributed by atoms with Crippen LogP contribution in [0.2, 0.25) is 0 Å². The summed E-state index contributed by atoms with van der Waals surface area (Å²) in [6, 6.07) is 6.72. The van der Waals surface area contributed by atoms with Crippen molar-refractivity contribution < 1.29 is 4.39 Å². The minimum atomic E-state index is -0.196. The highest BCUT2D eigenvalue weighted by Gasteiger charge is 2.43. The van der Waals surface area contributed by atoms with Crippen molar-refractivity contribution in [1.82, 2.24) is 9.97 Å². The molecule has 3 nitrogen and oxygen atoms in total. The third-order valence-electron chi connectivity index (χ3n) is 5.94. The molecule has 1 aromatic carbocycles. The van der Waals surface area contributed by atoms with E-state index in [9.17, 15) is 4.39 Å². The molecule has 0 radical (unpaired) electrons. The normalized spacial score (nSPS) is 22.3. The highest BCUT2D eigenvalue weighted by atomic mass is 32.2. The summed E-state index contributed by atoms with van der Waals surface area (Å²) >= 11 is 3.55. The largest absolute Gasteiger partial charge is 0.274 e. The molecule has 3 aliphatic rings. The van der Waals surface area contributed by atoms with Gasteiger partial charge >= 0.3 is 0 Å². The Labute approximate surface area is 179 Å². The molecule has 0 saturated heterocycles. The fourth-order valence-electron chi connectivity index (χ4n) is 4.53. The Morgan fingerprint density at radius 1 is 1.17 bits per heavy atom. The van der Waals surface area contributed by atoms with Crippen LogP contribution < -0.4 is 0 Å². The van der Waals surface area contributed by atoms with Crippen molar-refractivity contribution in [3.8, 4) is 0 Å². The summed E-state index contributed by atoms with van der Waals surface area (Å²) in [7, 11) is 0. The summed E-state index contributed by atoms with van der Waals surface area (Å²) in [4.78, 5) is 15.7. The Morgan fingerprint density at radius 3 is 2.86 bits per heavy atom. The molecule has 2 atom stereocenters. The molecule has 150 valence electrons. The number of allylic oxidation sites excluding steroid dienone is 1. The molecule has 6 heteroatoms. The topological polar surface area (TPSA) is 38.1 Å². The summed E-state index contributed by atoms with van der Waals surface area (Å²) in [5.74, 6) is 0.906. The van der Waals surface area contributed by atoms with E-state index in [1.54, 1.807) is 23.7 Å². The molecule has 2 aromatic rings. The van der Waals surface area contributed by atoms with Crippen LogP contribution in [0.15, 0.2) is 56.7 Å². The number of thioether (sulfide) groups is 2. The van der Waals surface area contributed by atoms with Gasteiger partial charge in [0.2, 0.25) is 0 Å². The van der Waals surface area contributed by atoms with Gasteiger partial charge in [0.05, 0.1) is 16.5 Å². The minimum Gasteiger partial charge on any atom is -0.274 e. The maximum absolute atomic E-state index is 13.2. The van der Waals surface area contributed by atoms with E-state index < -0.39 is 0 Å². The number of aromatic nitrogens is 2. The summed E-state index contributed by atoms with van der Waals surface area (Å²) in [5, 5.41) is 1.25. The van der Waals surface area contributed by atoms with Crippen LogP contribution in [0.4, 0.5) is 4.39 Å². The zero-order chi connectivity index (χ0) is 19.8. The van der Waals surface area contributed by atoms with Crippen molar-refractivity contribution >= 4 is 29.2 Å². The molecule has 0 fully saturated rings. The Bertz CT molecular complexity index is 984. The van der Waals surface area contributed by atoms with E-state index in [2.05, 4.69) is 11.9 Å². The number of fused-ring (bicyclic) bond motifs is 4. The number of aliphatic imine (C=N–C) groups is 1. The number of unbranched alkanes of at least 4 members (excludes halogenated alkanes) is 1. The number of rotatable bonds is 6. The molecule has 0 spiro atoms. The number of hydrogen-bond acceptors (Lipinski definition) is 5. The van der Waals surface area contributed by atoms with Crippen LogP contribution in [0, 0.1) is 5.82 Å². The number of halogens is 1. The van der Waals surface area contributed by atoms with Crippen LogP contribution in [0.5, 0.6) is 0 Å². The Kier molecular flexibility index (Phi) is 5.48. The van der Waals surface area contributed by atoms with Gasteiger partial charge in [-0.1, -0.05) is 42.8 Å². The van der Waals surface area contributed by atoms with Gasteiger partial charge in [0.25, 0.3) is 0 Å². The van der Waals surface area contributed by atoms with Crippen molar-refractivity contribution in [1.29, 1.82) is 0 Å². The molecular weight excluding hydrogens is 401 g/mol. The lowest BCUT2D eigenvalue weighted by Gasteiger charge is -2.26. The van der Waals surface area contributed by atoms with Gasteiger partial charge in [0.15, 0.2) is 0 Å². The van der Waals surface area contributed by atoms with Crippen LogP contribution >= 0.6 is 23.5 Å². The van der Waals surface area contributed by atoms with Crippen LogP contribution in [0.25, 0.3) is 0 Å². The maximum Gasteiger partial charge on any atom is 0.123 e. The van der Waals surface area contributed by atoms with Crippen molar-refractivity contribution in [2.45, 2.75) is 72.4 Å². The number of dihydropyridines is 1. The van der Waals surface area contributed by atoms with Gasteiger partial charge in [-0.05, 0) is 55.4 Å². The molecule has 0 bridgehead atoms. The average Bonchev–Trinajstić information content (AvgIpc) is 3.36. The van der Waals surface area contributed by atoms with Crippen molar-refractivity contribution in [2.24, 2.45) is 4.99 Å². The van der Waals surface area contributed by atoms with Crippen molar-refractivity contribution in [3.05, 3.63) is 58.8 Å². The fourth-order valence-corrected chi connectivity index (χ4v) is 7.01. The Morgan fingerprint density at radius 2 is 2.03 bits per heavy atom. The average molecular weight is 426 g/mol. The zero-order valence-corrected chi connectivity index (χ0v) is 18.2. The van der Waals surface area contributed by atoms with E-state index in [4.69, 9.17) is 9.98 Å². The third kappa shape index (κ3) is 3.66. The first kappa shape index (κ1) is 19.3. The van der Waals surface area contributed by atoms with E-state index in [0.717, 1.165) is 22.8 Å². The molecule has 29 heavy (non-hydrogen) atoms. The number of benzene rings is 1. The van der Waals surface area contributed by atoms with Crippen molar-refractivity contribution in [3.63, 3.8) is 0 Å². The second kappa shape index (κ2) is 8.23. The fraction of sp³-hybridized carbons (Fsp3) is 0.435. The molecule has 2 aliphatic heterocycles. The second-order valence-corrected chi connectivity index (χ2v) is 9.92. The van der Waals surface area contributed by atoms with Gasteiger partial charge in [-0.25, -0.2) is 14.4 Å². The molecule has 1 aromatic heterocycles. The standard InChI is InChI=1S/C23H24FN3S2/c1-2-3-7-18-16-5-4-6-17(16)19-20-21(29-22(19)27-18)23(26-13-25-20)28-12-14-8-10-15(24)11-9-14/h8-11,13,19,22H,2-7,12H2,1H3/t19-,22-/m0/s1. The summed E-state index contributed by atoms with van der Waals surface area (Å²) in [6.07, 6.45) is 8.84. The van der Waals surface area contributed by atoms with Gasteiger partial charge in [-0.2, -0.15) is 0 Å². The molecule has 3 heterocycles. The summed E-state index contributed by atoms with van der Waals surface area (Å²) < 4.78 is 13.2. The molecule has 0 unspecified atom stereocenters. The zero-order valence-electron chi connectivity index (χ0n) is 16.5. The van der Waals surface area contributed by atoms with Crippen molar-refractivity contribution in [2.75, 3.05) is 0 Å². The lowest BCUT2D eigenvalue weighted by Crippen LogP contribution is -2.21. The predicted octanol–water partition coefficient (Wildman–Crippen LogP) is 6.55. The van der Waals surface area contributed by atoms with Crippen LogP contribution in [0.3, 0.4) is 0 Å². The third-order valence-corrected chi connectivity index (χ3v) is 8.39. The van der Waals surface area contributed by atoms with Gasteiger partial charge in [0.1, 0.15) is 22.5 Å². The van der Waals surface area contributed by atoms with Crippen LogP contribution in [-0.4, -0.2) is 21.1 Å². The monoisotopic (exact) mass is 425 g/mol. The summed E-state index contributed by atoms with van der Waals surface area (Å²) in [6.45, 7) is 2.25. The first-order valence-corrected chi connectivity index (χ1v) is 12.3. The smallest absolute Gasteiger partial charge is 0.123 e. The van der Waals surface area contributed by atoms with E-state index in [1.807, 2.05) is 23.9 Å². The lowest BCUT2D eigenvalue weighted by atomic mass is 9.87. The predicted molar refractivity (Wildman–Crippen MR) is 118 cm³/mol. The maximum atomic E-state index is 13.2. The SMILES string of the molecule is CCCCC1=N[C@H]2Sc3c(SCc4ccc(F)cc4)ncnc3[C@@H]2C2=C1CCC2. The molecule has 0 N–H and O–H groups in total. The highest BCUT2D eigenvalue weighted by molar-refractivity contribution is 8.02. The van der Waals surface area contributed by atoms with Gasteiger partial charge < -0.3 is 0 Å². The molecule has 0 saturated carbocycles. The highest BCUT2D eigenvalue weighted by Crippen LogP contribution is 2.56. The van der Waals surface area contributed by atoms with E-state index in [1.165, 1.54) is 66.1 Å². The molecule has 5 rings (SSSR count). The molecule has 0 amide bonds. The lowest BCUT2D eigenvalue weighted by molar-refractivity contribution is 0.627. The van der Waals surface area contributed by atoms with Gasteiger partial charge in [-0.3, -0.25) is 4.99 Å². The van der Waals surface area contributed by atoms with Gasteiger partial charge in [0, 0.05) is 11.5 Å². The van der Waals surface area contributed by atoms with E-state index in [-0.39, 0.29) is 11.2 Å². The van der Waals surface area contributed by atoms with Crippen LogP contribution in [-0.2, 0) is 5.75 Å². The quantitative estimate of drug-likeness (QED) is 0.389. The molecular formula is C23H24FN3S2. The summed E-state index contributed by atoms with van der Waals surface area (Å²) in [5.41, 5.74) is 6.76. The molecule has 1 aliphatic carbocycles. The first-order chi connectivity index (χ1) is 14.2. The Balaban J connectivity index is 1.42. The first-order valence-electron chi connectivity index (χ1n) is 10.4. The number of hydrogen-bond donors (Lipinski definition) is 0.